The Balaban J connectivity index is 2.26. The maximum Gasteiger partial charge on any atom is 0.0589 e. The van der Waals surface area contributed by atoms with Crippen LogP contribution in [0.2, 0.25) is 0 Å². The Kier molecular flexibility index (Phi) is 2.92. The first-order valence-corrected chi connectivity index (χ1v) is 5.66. The normalized spacial score (nSPS) is 11.7. The van der Waals surface area contributed by atoms with Gasteiger partial charge in [0.1, 0.15) is 0 Å². The van der Waals surface area contributed by atoms with E-state index in [4.69, 9.17) is 0 Å². The van der Waals surface area contributed by atoms with Gasteiger partial charge < -0.3 is 5.32 Å². The summed E-state index contributed by atoms with van der Waals surface area (Å²) < 4.78 is 2.11. The minimum Gasteiger partial charge on any atom is -0.386 e. The molecule has 2 rings (SSSR count). The summed E-state index contributed by atoms with van der Waals surface area (Å²) in [5, 5.41) is 3.21. The van der Waals surface area contributed by atoms with Gasteiger partial charge in [-0.15, -0.1) is 0 Å². The second-order valence-corrected chi connectivity index (χ2v) is 4.60. The molecule has 1 aromatic carbocycles. The van der Waals surface area contributed by atoms with E-state index in [0.717, 1.165) is 5.70 Å². The lowest BCUT2D eigenvalue weighted by Crippen LogP contribution is -2.06. The fraction of sp³-hybridized carbons (Fsp3) is 0.167. The molecule has 1 aromatic heterocycles. The van der Waals surface area contributed by atoms with Crippen molar-refractivity contribution < 1.29 is 0 Å². The standard InChI is InChI=1S/C12H14N2S/c1-10-8-14(15-10)9-12(13-2)11-6-4-3-5-7-11/h3-9,13H,1-2H3/b12-9-. The third-order valence-electron chi connectivity index (χ3n) is 2.17. The van der Waals surface area contributed by atoms with Crippen molar-refractivity contribution in [3.05, 3.63) is 47.0 Å². The molecular formula is C12H14N2S. The van der Waals surface area contributed by atoms with Gasteiger partial charge in [-0.2, -0.15) is 0 Å². The van der Waals surface area contributed by atoms with Crippen LogP contribution in [0.3, 0.4) is 0 Å². The third-order valence-corrected chi connectivity index (χ3v) is 2.98. The highest BCUT2D eigenvalue weighted by Crippen LogP contribution is 2.17. The SMILES string of the molecule is CN/C(=C\n1cc(C)s1)c1ccccc1. The summed E-state index contributed by atoms with van der Waals surface area (Å²) in [7, 11) is 1.94. The van der Waals surface area contributed by atoms with Crippen molar-refractivity contribution in [2.45, 2.75) is 6.92 Å². The Morgan fingerprint density at radius 2 is 2.00 bits per heavy atom. The van der Waals surface area contributed by atoms with Crippen LogP contribution in [0.1, 0.15) is 10.4 Å². The summed E-state index contributed by atoms with van der Waals surface area (Å²) in [4.78, 5) is 1.34. The molecule has 0 saturated heterocycles. The van der Waals surface area contributed by atoms with Gasteiger partial charge in [0.2, 0.25) is 0 Å². The number of hydrogen-bond acceptors (Lipinski definition) is 2. The third kappa shape index (κ3) is 2.30. The lowest BCUT2D eigenvalue weighted by Gasteiger charge is -2.10. The second kappa shape index (κ2) is 4.36. The summed E-state index contributed by atoms with van der Waals surface area (Å²) in [6.45, 7) is 2.11. The molecule has 0 atom stereocenters. The molecule has 15 heavy (non-hydrogen) atoms. The van der Waals surface area contributed by atoms with E-state index in [-0.39, 0.29) is 0 Å². The molecule has 0 aliphatic rings. The van der Waals surface area contributed by atoms with Crippen molar-refractivity contribution in [1.82, 2.24) is 9.27 Å². The fourth-order valence-electron chi connectivity index (χ4n) is 1.44. The van der Waals surface area contributed by atoms with Gasteiger partial charge in [0, 0.05) is 24.3 Å². The van der Waals surface area contributed by atoms with Crippen LogP contribution in [0.4, 0.5) is 0 Å². The smallest absolute Gasteiger partial charge is 0.0589 e. The summed E-state index contributed by atoms with van der Waals surface area (Å²) in [5.41, 5.74) is 2.34. The zero-order valence-electron chi connectivity index (χ0n) is 8.90. The molecule has 0 unspecified atom stereocenters. The van der Waals surface area contributed by atoms with Crippen LogP contribution in [0.25, 0.3) is 11.9 Å². The molecule has 1 heterocycles. The molecule has 0 radical (unpaired) electrons. The van der Waals surface area contributed by atoms with E-state index < -0.39 is 0 Å². The lowest BCUT2D eigenvalue weighted by atomic mass is 10.2. The average Bonchev–Trinajstić information content (AvgIpc) is 2.24. The van der Waals surface area contributed by atoms with E-state index >= 15 is 0 Å². The highest BCUT2D eigenvalue weighted by Gasteiger charge is 2.00. The van der Waals surface area contributed by atoms with Crippen LogP contribution in [0, 0.1) is 6.92 Å². The molecule has 0 saturated carbocycles. The van der Waals surface area contributed by atoms with E-state index in [0.29, 0.717) is 0 Å². The van der Waals surface area contributed by atoms with Gasteiger partial charge in [-0.25, -0.2) is 0 Å². The van der Waals surface area contributed by atoms with Crippen LogP contribution in [0.15, 0.2) is 36.5 Å². The largest absolute Gasteiger partial charge is 0.386 e. The highest BCUT2D eigenvalue weighted by atomic mass is 32.1. The summed E-state index contributed by atoms with van der Waals surface area (Å²) >= 11 is 1.74. The van der Waals surface area contributed by atoms with Crippen LogP contribution < -0.4 is 5.32 Å². The van der Waals surface area contributed by atoms with Crippen molar-refractivity contribution in [3.8, 4) is 0 Å². The Bertz CT molecular complexity index is 439. The Hall–Kier alpha value is -1.48. The number of nitrogens with one attached hydrogen (secondary N) is 1. The molecular weight excluding hydrogens is 204 g/mol. The van der Waals surface area contributed by atoms with E-state index in [1.807, 2.05) is 25.2 Å². The molecule has 0 amide bonds. The van der Waals surface area contributed by atoms with Gasteiger partial charge in [-0.1, -0.05) is 41.9 Å². The van der Waals surface area contributed by atoms with Crippen molar-refractivity contribution in [1.29, 1.82) is 0 Å². The van der Waals surface area contributed by atoms with E-state index in [1.165, 1.54) is 10.4 Å². The minimum absolute atomic E-state index is 1.13. The molecule has 2 nitrogen and oxygen atoms in total. The topological polar surface area (TPSA) is 17.0 Å². The maximum atomic E-state index is 3.21. The average molecular weight is 218 g/mol. The highest BCUT2D eigenvalue weighted by molar-refractivity contribution is 7.08. The van der Waals surface area contributed by atoms with Crippen LogP contribution >= 0.6 is 11.5 Å². The lowest BCUT2D eigenvalue weighted by molar-refractivity contribution is 1.11. The molecule has 0 spiro atoms. The number of rotatable bonds is 3. The zero-order valence-corrected chi connectivity index (χ0v) is 9.71. The van der Waals surface area contributed by atoms with Gasteiger partial charge in [0.05, 0.1) is 5.70 Å². The summed E-state index contributed by atoms with van der Waals surface area (Å²) in [6.07, 6.45) is 4.22. The monoisotopic (exact) mass is 218 g/mol. The van der Waals surface area contributed by atoms with Crippen molar-refractivity contribution in [3.63, 3.8) is 0 Å². The molecule has 2 aromatic rings. The van der Waals surface area contributed by atoms with Gasteiger partial charge in [0.15, 0.2) is 0 Å². The van der Waals surface area contributed by atoms with Crippen molar-refractivity contribution >= 4 is 23.4 Å². The number of aromatic nitrogens is 1. The first-order chi connectivity index (χ1) is 7.29. The number of hydrogen-bond donors (Lipinski definition) is 1. The van der Waals surface area contributed by atoms with E-state index in [1.54, 1.807) is 11.5 Å². The van der Waals surface area contributed by atoms with E-state index in [2.05, 4.69) is 40.7 Å². The van der Waals surface area contributed by atoms with Gasteiger partial charge in [-0.3, -0.25) is 3.96 Å². The molecule has 1 N–H and O–H groups in total. The fourth-order valence-corrected chi connectivity index (χ4v) is 2.14. The van der Waals surface area contributed by atoms with Crippen LogP contribution in [0.5, 0.6) is 0 Å². The summed E-state index contributed by atoms with van der Waals surface area (Å²) in [5.74, 6) is 0. The molecule has 78 valence electrons. The minimum atomic E-state index is 1.13. The molecule has 0 aliphatic carbocycles. The number of nitrogens with zero attached hydrogens (tertiary/aromatic N) is 1. The van der Waals surface area contributed by atoms with Gasteiger partial charge >= 0.3 is 0 Å². The molecule has 3 heteroatoms. The Morgan fingerprint density at radius 1 is 1.33 bits per heavy atom. The summed E-state index contributed by atoms with van der Waals surface area (Å²) in [6, 6.07) is 10.3. The van der Waals surface area contributed by atoms with Crippen molar-refractivity contribution in [2.24, 2.45) is 0 Å². The molecule has 0 aliphatic heterocycles. The molecule has 0 fully saturated rings. The van der Waals surface area contributed by atoms with E-state index in [9.17, 15) is 0 Å². The number of benzene rings is 1. The Morgan fingerprint density at radius 3 is 2.53 bits per heavy atom. The first kappa shape index (κ1) is 10.1. The van der Waals surface area contributed by atoms with Crippen molar-refractivity contribution in [2.75, 3.05) is 7.05 Å². The van der Waals surface area contributed by atoms with Gasteiger partial charge in [-0.05, 0) is 12.5 Å². The van der Waals surface area contributed by atoms with Crippen LogP contribution in [-0.2, 0) is 0 Å². The maximum absolute atomic E-state index is 3.21. The zero-order chi connectivity index (χ0) is 10.7. The predicted molar refractivity (Wildman–Crippen MR) is 66.7 cm³/mol. The Labute approximate surface area is 94.0 Å². The second-order valence-electron chi connectivity index (χ2n) is 3.35. The van der Waals surface area contributed by atoms with Crippen LogP contribution in [-0.4, -0.2) is 11.0 Å². The first-order valence-electron chi connectivity index (χ1n) is 4.89. The predicted octanol–water partition coefficient (Wildman–Crippen LogP) is 3.03. The van der Waals surface area contributed by atoms with Gasteiger partial charge in [0.25, 0.3) is 0 Å². The molecule has 0 bridgehead atoms. The quantitative estimate of drug-likeness (QED) is 0.838. The number of aryl methyl sites for hydroxylation is 1.